The fraction of sp³-hybridized carbons (Fsp3) is 0.143. The molecule has 0 atom stereocenters. The van der Waals surface area contributed by atoms with Gasteiger partial charge < -0.3 is 5.32 Å². The summed E-state index contributed by atoms with van der Waals surface area (Å²) in [5.74, 6) is -1.59. The Morgan fingerprint density at radius 2 is 1.95 bits per heavy atom. The Morgan fingerprint density at radius 1 is 1.19 bits per heavy atom. The molecule has 7 heteroatoms. The van der Waals surface area contributed by atoms with Crippen molar-refractivity contribution in [1.29, 1.82) is 0 Å². The van der Waals surface area contributed by atoms with Crippen LogP contribution < -0.4 is 5.32 Å². The summed E-state index contributed by atoms with van der Waals surface area (Å²) in [6.07, 6.45) is -3.29. The molecule has 0 aliphatic carbocycles. The lowest BCUT2D eigenvalue weighted by molar-refractivity contribution is -0.138. The number of pyridine rings is 1. The average molecular weight is 298 g/mol. The van der Waals surface area contributed by atoms with E-state index in [4.69, 9.17) is 0 Å². The molecule has 1 amide bonds. The van der Waals surface area contributed by atoms with E-state index in [1.165, 1.54) is 12.3 Å². The lowest BCUT2D eigenvalue weighted by Gasteiger charge is -2.13. The van der Waals surface area contributed by atoms with Crippen molar-refractivity contribution in [3.63, 3.8) is 0 Å². The molecule has 0 aliphatic heterocycles. The fourth-order valence-corrected chi connectivity index (χ4v) is 1.73. The Kier molecular flexibility index (Phi) is 4.21. The summed E-state index contributed by atoms with van der Waals surface area (Å²) in [7, 11) is 0. The second-order valence-corrected chi connectivity index (χ2v) is 4.20. The number of nitrogens with zero attached hydrogens (tertiary/aromatic N) is 1. The van der Waals surface area contributed by atoms with E-state index >= 15 is 0 Å². The number of amides is 1. The first-order valence-corrected chi connectivity index (χ1v) is 5.93. The summed E-state index contributed by atoms with van der Waals surface area (Å²) >= 11 is 0. The topological polar surface area (TPSA) is 42.0 Å². The van der Waals surface area contributed by atoms with E-state index in [0.29, 0.717) is 6.07 Å². The lowest BCUT2D eigenvalue weighted by Crippen LogP contribution is -2.25. The van der Waals surface area contributed by atoms with Crippen LogP contribution in [-0.4, -0.2) is 10.9 Å². The number of alkyl halides is 3. The minimum Gasteiger partial charge on any atom is -0.347 e. The van der Waals surface area contributed by atoms with Gasteiger partial charge in [-0.3, -0.25) is 9.78 Å². The maximum absolute atomic E-state index is 12.9. The smallest absolute Gasteiger partial charge is 0.347 e. The normalized spacial score (nSPS) is 11.2. The molecule has 110 valence electrons. The van der Waals surface area contributed by atoms with Crippen molar-refractivity contribution in [1.82, 2.24) is 10.3 Å². The molecule has 0 unspecified atom stereocenters. The van der Waals surface area contributed by atoms with E-state index in [2.05, 4.69) is 10.3 Å². The van der Waals surface area contributed by atoms with Gasteiger partial charge in [-0.1, -0.05) is 12.1 Å². The second kappa shape index (κ2) is 5.90. The highest BCUT2D eigenvalue weighted by molar-refractivity contribution is 5.92. The monoisotopic (exact) mass is 298 g/mol. The zero-order valence-corrected chi connectivity index (χ0v) is 10.6. The summed E-state index contributed by atoms with van der Waals surface area (Å²) in [6, 6.07) is 6.95. The van der Waals surface area contributed by atoms with Crippen LogP contribution in [0.15, 0.2) is 42.6 Å². The van der Waals surface area contributed by atoms with Gasteiger partial charge in [0.05, 0.1) is 5.56 Å². The molecule has 2 rings (SSSR count). The molecule has 0 bridgehead atoms. The first kappa shape index (κ1) is 15.0. The van der Waals surface area contributed by atoms with Gasteiger partial charge in [-0.25, -0.2) is 4.39 Å². The molecule has 1 heterocycles. The number of benzene rings is 1. The van der Waals surface area contributed by atoms with Gasteiger partial charge in [0.2, 0.25) is 0 Å². The molecule has 0 saturated carbocycles. The van der Waals surface area contributed by atoms with Gasteiger partial charge in [0.1, 0.15) is 11.5 Å². The van der Waals surface area contributed by atoms with E-state index in [9.17, 15) is 22.4 Å². The third-order valence-corrected chi connectivity index (χ3v) is 2.71. The van der Waals surface area contributed by atoms with Crippen LogP contribution in [0.25, 0.3) is 0 Å². The predicted octanol–water partition coefficient (Wildman–Crippen LogP) is 3.17. The van der Waals surface area contributed by atoms with Gasteiger partial charge in [-0.2, -0.15) is 13.2 Å². The van der Waals surface area contributed by atoms with Crippen molar-refractivity contribution >= 4 is 5.91 Å². The molecule has 1 N–H and O–H groups in total. The Labute approximate surface area is 117 Å². The van der Waals surface area contributed by atoms with Crippen LogP contribution in [0.1, 0.15) is 21.6 Å². The number of halogens is 4. The van der Waals surface area contributed by atoms with Crippen molar-refractivity contribution in [2.24, 2.45) is 0 Å². The fourth-order valence-electron chi connectivity index (χ4n) is 1.73. The SMILES string of the molecule is O=C(NCc1ccc(F)cc1C(F)(F)F)c1ccccn1. The molecular weight excluding hydrogens is 288 g/mol. The van der Waals surface area contributed by atoms with Crippen molar-refractivity contribution < 1.29 is 22.4 Å². The number of rotatable bonds is 3. The van der Waals surface area contributed by atoms with Gasteiger partial charge >= 0.3 is 6.18 Å². The summed E-state index contributed by atoms with van der Waals surface area (Å²) in [5.41, 5.74) is -1.23. The average Bonchev–Trinajstić information content (AvgIpc) is 2.45. The van der Waals surface area contributed by atoms with E-state index in [1.54, 1.807) is 12.1 Å². The predicted molar refractivity (Wildman–Crippen MR) is 66.8 cm³/mol. The number of carbonyl (C=O) groups excluding carboxylic acids is 1. The molecular formula is C14H10F4N2O. The van der Waals surface area contributed by atoms with Crippen molar-refractivity contribution in [2.75, 3.05) is 0 Å². The zero-order chi connectivity index (χ0) is 15.5. The van der Waals surface area contributed by atoms with Crippen molar-refractivity contribution in [3.05, 3.63) is 65.2 Å². The minimum atomic E-state index is -4.69. The number of carbonyl (C=O) groups is 1. The highest BCUT2D eigenvalue weighted by Crippen LogP contribution is 2.32. The molecule has 2 aromatic rings. The lowest BCUT2D eigenvalue weighted by atomic mass is 10.1. The third-order valence-electron chi connectivity index (χ3n) is 2.71. The van der Waals surface area contributed by atoms with Crippen LogP contribution >= 0.6 is 0 Å². The number of aromatic nitrogens is 1. The van der Waals surface area contributed by atoms with E-state index < -0.39 is 23.5 Å². The van der Waals surface area contributed by atoms with Crippen LogP contribution in [0.2, 0.25) is 0 Å². The first-order chi connectivity index (χ1) is 9.88. The van der Waals surface area contributed by atoms with Crippen molar-refractivity contribution in [3.8, 4) is 0 Å². The second-order valence-electron chi connectivity index (χ2n) is 4.20. The summed E-state index contributed by atoms with van der Waals surface area (Å²) in [5, 5.41) is 2.32. The molecule has 0 fully saturated rings. The van der Waals surface area contributed by atoms with Crippen LogP contribution in [0.3, 0.4) is 0 Å². The molecule has 0 saturated heterocycles. The molecule has 1 aromatic heterocycles. The Bertz CT molecular complexity index is 641. The van der Waals surface area contributed by atoms with Crippen LogP contribution in [0, 0.1) is 5.82 Å². The van der Waals surface area contributed by atoms with Gasteiger partial charge in [-0.15, -0.1) is 0 Å². The Hall–Kier alpha value is -2.44. The Balaban J connectivity index is 2.16. The summed E-state index contributed by atoms with van der Waals surface area (Å²) in [4.78, 5) is 15.5. The van der Waals surface area contributed by atoms with Gasteiger partial charge in [0, 0.05) is 12.7 Å². The zero-order valence-electron chi connectivity index (χ0n) is 10.6. The van der Waals surface area contributed by atoms with Crippen LogP contribution in [0.4, 0.5) is 17.6 Å². The molecule has 21 heavy (non-hydrogen) atoms. The number of nitrogens with one attached hydrogen (secondary N) is 1. The summed E-state index contributed by atoms with van der Waals surface area (Å²) in [6.45, 7) is -0.371. The molecule has 3 nitrogen and oxygen atoms in total. The largest absolute Gasteiger partial charge is 0.416 e. The molecule has 1 aromatic carbocycles. The maximum Gasteiger partial charge on any atom is 0.416 e. The molecule has 0 spiro atoms. The van der Waals surface area contributed by atoms with Gasteiger partial charge in [0.25, 0.3) is 5.91 Å². The van der Waals surface area contributed by atoms with E-state index in [0.717, 1.165) is 12.1 Å². The molecule has 0 radical (unpaired) electrons. The van der Waals surface area contributed by atoms with Gasteiger partial charge in [0.15, 0.2) is 0 Å². The number of hydrogen-bond acceptors (Lipinski definition) is 2. The quantitative estimate of drug-likeness (QED) is 0.884. The van der Waals surface area contributed by atoms with Crippen LogP contribution in [0.5, 0.6) is 0 Å². The van der Waals surface area contributed by atoms with E-state index in [-0.39, 0.29) is 17.8 Å². The Morgan fingerprint density at radius 3 is 2.57 bits per heavy atom. The molecule has 0 aliphatic rings. The van der Waals surface area contributed by atoms with Crippen molar-refractivity contribution in [2.45, 2.75) is 12.7 Å². The highest BCUT2D eigenvalue weighted by atomic mass is 19.4. The summed E-state index contributed by atoms with van der Waals surface area (Å²) < 4.78 is 51.3. The van der Waals surface area contributed by atoms with Crippen LogP contribution in [-0.2, 0) is 12.7 Å². The minimum absolute atomic E-state index is 0.0909. The number of hydrogen-bond donors (Lipinski definition) is 1. The standard InChI is InChI=1S/C14H10F4N2O/c15-10-5-4-9(11(7-10)14(16,17)18)8-20-13(21)12-3-1-2-6-19-12/h1-7H,8H2,(H,20,21). The third kappa shape index (κ3) is 3.77. The first-order valence-electron chi connectivity index (χ1n) is 5.93. The van der Waals surface area contributed by atoms with E-state index in [1.807, 2.05) is 0 Å². The maximum atomic E-state index is 12.9. The highest BCUT2D eigenvalue weighted by Gasteiger charge is 2.33. The van der Waals surface area contributed by atoms with Gasteiger partial charge in [-0.05, 0) is 29.8 Å².